The van der Waals surface area contributed by atoms with E-state index in [-0.39, 0.29) is 24.9 Å². The molecule has 0 bridgehead atoms. The van der Waals surface area contributed by atoms with E-state index in [1.165, 1.54) is 4.90 Å². The van der Waals surface area contributed by atoms with Crippen molar-refractivity contribution in [2.75, 3.05) is 26.3 Å². The molecule has 2 aliphatic rings. The molecule has 1 amide bonds. The fourth-order valence-electron chi connectivity index (χ4n) is 2.14. The number of aliphatic hydroxyl groups is 2. The number of ether oxygens (including phenoxy) is 1. The zero-order chi connectivity index (χ0) is 10.8. The van der Waals surface area contributed by atoms with Gasteiger partial charge in [-0.3, -0.25) is 4.79 Å². The molecule has 0 aromatic carbocycles. The van der Waals surface area contributed by atoms with Crippen molar-refractivity contribution in [3.63, 3.8) is 0 Å². The van der Waals surface area contributed by atoms with Crippen LogP contribution in [-0.4, -0.2) is 59.5 Å². The summed E-state index contributed by atoms with van der Waals surface area (Å²) in [5.41, 5.74) is 0. The van der Waals surface area contributed by atoms with Gasteiger partial charge in [0.2, 0.25) is 5.91 Å². The third kappa shape index (κ3) is 2.30. The Bertz CT molecular complexity index is 230. The number of amides is 1. The lowest BCUT2D eigenvalue weighted by molar-refractivity contribution is -0.139. The molecule has 0 spiro atoms. The van der Waals surface area contributed by atoms with Crippen molar-refractivity contribution in [1.82, 2.24) is 4.90 Å². The molecule has 0 aromatic rings. The van der Waals surface area contributed by atoms with Crippen LogP contribution in [0, 0.1) is 5.92 Å². The molecular formula is C10H17NO4. The number of likely N-dealkylation sites (tertiary alicyclic amines) is 1. The molecule has 0 aliphatic carbocycles. The fraction of sp³-hybridized carbons (Fsp3) is 0.900. The maximum absolute atomic E-state index is 11.9. The minimum Gasteiger partial charge on any atom is -0.388 e. The van der Waals surface area contributed by atoms with Crippen LogP contribution in [0.5, 0.6) is 0 Å². The van der Waals surface area contributed by atoms with Gasteiger partial charge in [0.15, 0.2) is 0 Å². The number of hydrogen-bond donors (Lipinski definition) is 2. The van der Waals surface area contributed by atoms with E-state index < -0.39 is 12.2 Å². The largest absolute Gasteiger partial charge is 0.388 e. The summed E-state index contributed by atoms with van der Waals surface area (Å²) < 4.78 is 5.24. The maximum atomic E-state index is 11.9. The van der Waals surface area contributed by atoms with Gasteiger partial charge in [0.25, 0.3) is 0 Å². The van der Waals surface area contributed by atoms with Gasteiger partial charge < -0.3 is 19.8 Å². The van der Waals surface area contributed by atoms with Crippen LogP contribution >= 0.6 is 0 Å². The molecule has 5 heteroatoms. The molecule has 15 heavy (non-hydrogen) atoms. The highest BCUT2D eigenvalue weighted by Gasteiger charge is 2.35. The molecule has 86 valence electrons. The fourth-order valence-corrected chi connectivity index (χ4v) is 2.14. The highest BCUT2D eigenvalue weighted by atomic mass is 16.5. The number of nitrogens with zero attached hydrogens (tertiary/aromatic N) is 1. The van der Waals surface area contributed by atoms with Crippen molar-refractivity contribution in [1.29, 1.82) is 0 Å². The molecule has 2 saturated heterocycles. The Morgan fingerprint density at radius 2 is 1.93 bits per heavy atom. The van der Waals surface area contributed by atoms with Crippen LogP contribution in [0.4, 0.5) is 0 Å². The first-order valence-electron chi connectivity index (χ1n) is 5.41. The monoisotopic (exact) mass is 215 g/mol. The van der Waals surface area contributed by atoms with E-state index in [4.69, 9.17) is 4.74 Å². The van der Waals surface area contributed by atoms with E-state index in [0.717, 1.165) is 19.4 Å². The smallest absolute Gasteiger partial charge is 0.228 e. The Hall–Kier alpha value is -0.650. The van der Waals surface area contributed by atoms with Crippen molar-refractivity contribution in [3.8, 4) is 0 Å². The van der Waals surface area contributed by atoms with Crippen molar-refractivity contribution >= 4 is 5.91 Å². The van der Waals surface area contributed by atoms with E-state index in [2.05, 4.69) is 0 Å². The lowest BCUT2D eigenvalue weighted by Crippen LogP contribution is -2.38. The summed E-state index contributed by atoms with van der Waals surface area (Å²) in [6.45, 7) is 1.70. The third-order valence-electron chi connectivity index (χ3n) is 3.08. The maximum Gasteiger partial charge on any atom is 0.228 e. The second-order valence-electron chi connectivity index (χ2n) is 4.29. The molecule has 3 unspecified atom stereocenters. The first kappa shape index (κ1) is 10.9. The van der Waals surface area contributed by atoms with E-state index >= 15 is 0 Å². The van der Waals surface area contributed by atoms with Gasteiger partial charge >= 0.3 is 0 Å². The molecule has 3 atom stereocenters. The number of carbonyl (C=O) groups excluding carboxylic acids is 1. The third-order valence-corrected chi connectivity index (χ3v) is 3.08. The lowest BCUT2D eigenvalue weighted by atomic mass is 10.0. The normalized spacial score (nSPS) is 36.9. The Labute approximate surface area is 88.6 Å². The highest BCUT2D eigenvalue weighted by Crippen LogP contribution is 2.19. The summed E-state index contributed by atoms with van der Waals surface area (Å²) >= 11 is 0. The second kappa shape index (κ2) is 4.47. The van der Waals surface area contributed by atoms with Gasteiger partial charge in [0.1, 0.15) is 0 Å². The molecule has 5 nitrogen and oxygen atoms in total. The van der Waals surface area contributed by atoms with Crippen molar-refractivity contribution in [3.05, 3.63) is 0 Å². The Kier molecular flexibility index (Phi) is 3.23. The van der Waals surface area contributed by atoms with Crippen LogP contribution < -0.4 is 0 Å². The van der Waals surface area contributed by atoms with Gasteiger partial charge in [-0.2, -0.15) is 0 Å². The first-order chi connectivity index (χ1) is 7.18. The minimum atomic E-state index is -0.793. The predicted octanol–water partition coefficient (Wildman–Crippen LogP) is -1.02. The Morgan fingerprint density at radius 1 is 1.27 bits per heavy atom. The summed E-state index contributed by atoms with van der Waals surface area (Å²) in [6.07, 6.45) is 0.175. The van der Waals surface area contributed by atoms with E-state index in [1.807, 2.05) is 0 Å². The molecule has 2 aliphatic heterocycles. The number of β-amino-alcohol motifs (C(OH)–C–C–N with tert-alkyl or cyclic N) is 2. The van der Waals surface area contributed by atoms with Gasteiger partial charge in [0.05, 0.1) is 24.7 Å². The first-order valence-corrected chi connectivity index (χ1v) is 5.41. The molecule has 0 radical (unpaired) electrons. The van der Waals surface area contributed by atoms with Crippen LogP contribution in [-0.2, 0) is 9.53 Å². The standard InChI is InChI=1S/C10H17NO4/c12-8-4-11(5-9(8)13)10(14)7-2-1-3-15-6-7/h7-9,12-13H,1-6H2. The zero-order valence-corrected chi connectivity index (χ0v) is 8.63. The molecule has 0 aromatic heterocycles. The van der Waals surface area contributed by atoms with Crippen molar-refractivity contribution in [2.24, 2.45) is 5.92 Å². The summed E-state index contributed by atoms with van der Waals surface area (Å²) in [5.74, 6) is -0.0819. The summed E-state index contributed by atoms with van der Waals surface area (Å²) in [4.78, 5) is 13.5. The zero-order valence-electron chi connectivity index (χ0n) is 8.63. The van der Waals surface area contributed by atoms with E-state index in [0.29, 0.717) is 6.61 Å². The number of aliphatic hydroxyl groups excluding tert-OH is 2. The topological polar surface area (TPSA) is 70.0 Å². The van der Waals surface area contributed by atoms with Crippen LogP contribution in [0.25, 0.3) is 0 Å². The molecule has 2 heterocycles. The summed E-state index contributed by atoms with van der Waals surface area (Å²) in [7, 11) is 0. The molecule has 2 rings (SSSR count). The number of rotatable bonds is 1. The summed E-state index contributed by atoms with van der Waals surface area (Å²) in [6, 6.07) is 0. The molecule has 2 N–H and O–H groups in total. The molecule has 0 saturated carbocycles. The quantitative estimate of drug-likeness (QED) is 0.587. The van der Waals surface area contributed by atoms with Gasteiger partial charge in [-0.15, -0.1) is 0 Å². The van der Waals surface area contributed by atoms with Gasteiger partial charge in [-0.05, 0) is 12.8 Å². The lowest BCUT2D eigenvalue weighted by Gasteiger charge is -2.25. The molecular weight excluding hydrogens is 198 g/mol. The van der Waals surface area contributed by atoms with Gasteiger partial charge in [-0.25, -0.2) is 0 Å². The molecule has 2 fully saturated rings. The van der Waals surface area contributed by atoms with Crippen LogP contribution in [0.3, 0.4) is 0 Å². The van der Waals surface area contributed by atoms with E-state index in [1.54, 1.807) is 0 Å². The van der Waals surface area contributed by atoms with Crippen LogP contribution in [0.15, 0.2) is 0 Å². The van der Waals surface area contributed by atoms with Crippen molar-refractivity contribution in [2.45, 2.75) is 25.0 Å². The van der Waals surface area contributed by atoms with Gasteiger partial charge in [0, 0.05) is 19.7 Å². The summed E-state index contributed by atoms with van der Waals surface area (Å²) in [5, 5.41) is 18.7. The average molecular weight is 215 g/mol. The highest BCUT2D eigenvalue weighted by molar-refractivity contribution is 5.79. The van der Waals surface area contributed by atoms with Crippen LogP contribution in [0.2, 0.25) is 0 Å². The minimum absolute atomic E-state index is 0.00491. The van der Waals surface area contributed by atoms with E-state index in [9.17, 15) is 15.0 Å². The average Bonchev–Trinajstić information content (AvgIpc) is 2.59. The number of carbonyl (C=O) groups is 1. The SMILES string of the molecule is O=C(C1CCCOC1)N1CC(O)C(O)C1. The Morgan fingerprint density at radius 3 is 2.47 bits per heavy atom. The second-order valence-corrected chi connectivity index (χ2v) is 4.29. The van der Waals surface area contributed by atoms with Crippen molar-refractivity contribution < 1.29 is 19.7 Å². The van der Waals surface area contributed by atoms with Crippen LogP contribution in [0.1, 0.15) is 12.8 Å². The predicted molar refractivity (Wildman–Crippen MR) is 52.1 cm³/mol. The Balaban J connectivity index is 1.90. The number of hydrogen-bond acceptors (Lipinski definition) is 4. The van der Waals surface area contributed by atoms with Gasteiger partial charge in [-0.1, -0.05) is 0 Å².